The lowest BCUT2D eigenvalue weighted by Gasteiger charge is -2.26. The molecule has 0 aromatic heterocycles. The lowest BCUT2D eigenvalue weighted by Crippen LogP contribution is -2.45. The first kappa shape index (κ1) is 25.4. The Labute approximate surface area is 191 Å². The summed E-state index contributed by atoms with van der Waals surface area (Å²) in [5, 5.41) is 21.9. The Bertz CT molecular complexity index is 693. The van der Waals surface area contributed by atoms with Crippen molar-refractivity contribution in [2.24, 2.45) is 5.73 Å². The number of nitrogens with two attached hydrogens (primary N) is 1. The molecule has 2 aliphatic heterocycles. The average molecular weight is 450 g/mol. The smallest absolute Gasteiger partial charge is 0.115 e. The number of halogens is 1. The number of benzene rings is 2. The fraction of sp³-hybridized carbons (Fsp3) is 0.500. The van der Waals surface area contributed by atoms with E-state index in [1.165, 1.54) is 0 Å². The minimum absolute atomic E-state index is 0.151. The van der Waals surface area contributed by atoms with Crippen LogP contribution in [-0.2, 0) is 10.2 Å². The van der Waals surface area contributed by atoms with Crippen LogP contribution in [0.15, 0.2) is 48.5 Å². The number of epoxide rings is 1. The SMILES string of the molecule is CC(C)(c1ccc(O)cc1)c1ccc(O)cc1.ClCC1CO1.NCCN1CCNCC1. The molecule has 1 atom stereocenters. The molecule has 0 bridgehead atoms. The molecule has 172 valence electrons. The molecule has 31 heavy (non-hydrogen) atoms. The third kappa shape index (κ3) is 9.05. The largest absolute Gasteiger partial charge is 0.508 e. The van der Waals surface area contributed by atoms with Crippen molar-refractivity contribution in [3.63, 3.8) is 0 Å². The molecule has 0 radical (unpaired) electrons. The van der Waals surface area contributed by atoms with Crippen LogP contribution >= 0.6 is 11.6 Å². The quantitative estimate of drug-likeness (QED) is 0.414. The maximum absolute atomic E-state index is 9.30. The number of piperazine rings is 1. The molecular weight excluding hydrogens is 414 g/mol. The molecular formula is C24H36ClN3O3. The van der Waals surface area contributed by atoms with Crippen LogP contribution in [-0.4, -0.2) is 73.0 Å². The third-order valence-electron chi connectivity index (χ3n) is 5.41. The van der Waals surface area contributed by atoms with Crippen molar-refractivity contribution >= 4 is 11.6 Å². The van der Waals surface area contributed by atoms with Gasteiger partial charge in [-0.15, -0.1) is 11.6 Å². The lowest BCUT2D eigenvalue weighted by atomic mass is 9.78. The van der Waals surface area contributed by atoms with E-state index in [1.54, 1.807) is 24.3 Å². The van der Waals surface area contributed by atoms with Gasteiger partial charge in [-0.3, -0.25) is 4.90 Å². The van der Waals surface area contributed by atoms with Gasteiger partial charge in [0.1, 0.15) is 11.5 Å². The van der Waals surface area contributed by atoms with E-state index in [2.05, 4.69) is 24.1 Å². The van der Waals surface area contributed by atoms with Gasteiger partial charge in [-0.05, 0) is 35.4 Å². The molecule has 2 heterocycles. The Morgan fingerprint density at radius 3 is 1.77 bits per heavy atom. The molecule has 2 fully saturated rings. The zero-order valence-electron chi connectivity index (χ0n) is 18.6. The Hall–Kier alpha value is -1.83. The summed E-state index contributed by atoms with van der Waals surface area (Å²) in [6, 6.07) is 14.4. The van der Waals surface area contributed by atoms with Crippen molar-refractivity contribution in [3.05, 3.63) is 59.7 Å². The predicted molar refractivity (Wildman–Crippen MR) is 127 cm³/mol. The minimum Gasteiger partial charge on any atom is -0.508 e. The van der Waals surface area contributed by atoms with Crippen LogP contribution in [0.3, 0.4) is 0 Å². The van der Waals surface area contributed by atoms with Crippen LogP contribution in [0.2, 0.25) is 0 Å². The molecule has 7 heteroatoms. The Balaban J connectivity index is 0.000000201. The summed E-state index contributed by atoms with van der Waals surface area (Å²) in [6.07, 6.45) is 0.400. The van der Waals surface area contributed by atoms with Crippen molar-refractivity contribution in [1.82, 2.24) is 10.2 Å². The number of hydrogen-bond donors (Lipinski definition) is 4. The molecule has 4 rings (SSSR count). The first-order chi connectivity index (χ1) is 14.9. The summed E-state index contributed by atoms with van der Waals surface area (Å²) in [6.45, 7) is 11.5. The van der Waals surface area contributed by atoms with Crippen molar-refractivity contribution in [2.75, 3.05) is 51.8 Å². The fourth-order valence-electron chi connectivity index (χ4n) is 3.20. The Morgan fingerprint density at radius 2 is 1.45 bits per heavy atom. The third-order valence-corrected chi connectivity index (χ3v) is 5.75. The number of phenolic OH excluding ortho intramolecular Hbond substituents is 2. The van der Waals surface area contributed by atoms with Gasteiger partial charge in [0.25, 0.3) is 0 Å². The number of phenols is 2. The number of aromatic hydroxyl groups is 2. The number of alkyl halides is 1. The molecule has 0 saturated carbocycles. The zero-order chi connectivity index (χ0) is 22.7. The highest BCUT2D eigenvalue weighted by Gasteiger charge is 2.22. The normalized spacial score (nSPS) is 18.3. The molecule has 2 saturated heterocycles. The van der Waals surface area contributed by atoms with Crippen molar-refractivity contribution in [3.8, 4) is 11.5 Å². The Kier molecular flexibility index (Phi) is 10.6. The maximum Gasteiger partial charge on any atom is 0.115 e. The first-order valence-electron chi connectivity index (χ1n) is 10.8. The highest BCUT2D eigenvalue weighted by Crippen LogP contribution is 2.32. The van der Waals surface area contributed by atoms with Gasteiger partial charge in [0.05, 0.1) is 18.6 Å². The fourth-order valence-corrected chi connectivity index (χ4v) is 3.38. The average Bonchev–Trinajstić information content (AvgIpc) is 3.61. The van der Waals surface area contributed by atoms with Crippen molar-refractivity contribution < 1.29 is 14.9 Å². The van der Waals surface area contributed by atoms with Crippen LogP contribution in [0.25, 0.3) is 0 Å². The monoisotopic (exact) mass is 449 g/mol. The number of nitrogens with one attached hydrogen (secondary N) is 1. The summed E-state index contributed by atoms with van der Waals surface area (Å²) < 4.78 is 4.73. The van der Waals surface area contributed by atoms with Crippen molar-refractivity contribution in [1.29, 1.82) is 0 Å². The summed E-state index contributed by atoms with van der Waals surface area (Å²) in [4.78, 5) is 2.39. The van der Waals surface area contributed by atoms with E-state index in [1.807, 2.05) is 24.3 Å². The van der Waals surface area contributed by atoms with Gasteiger partial charge in [-0.2, -0.15) is 0 Å². The Morgan fingerprint density at radius 1 is 1.00 bits per heavy atom. The zero-order valence-corrected chi connectivity index (χ0v) is 19.3. The van der Waals surface area contributed by atoms with Crippen molar-refractivity contribution in [2.45, 2.75) is 25.4 Å². The molecule has 0 aliphatic carbocycles. The molecule has 2 aliphatic rings. The molecule has 5 N–H and O–H groups in total. The highest BCUT2D eigenvalue weighted by atomic mass is 35.5. The highest BCUT2D eigenvalue weighted by molar-refractivity contribution is 6.18. The molecule has 6 nitrogen and oxygen atoms in total. The van der Waals surface area contributed by atoms with Crippen LogP contribution in [0, 0.1) is 0 Å². The van der Waals surface area contributed by atoms with E-state index in [4.69, 9.17) is 22.1 Å². The van der Waals surface area contributed by atoms with E-state index in [0.717, 1.165) is 57.0 Å². The maximum atomic E-state index is 9.30. The van der Waals surface area contributed by atoms with Gasteiger partial charge in [-0.1, -0.05) is 38.1 Å². The molecule has 0 amide bonds. The standard InChI is InChI=1S/C15H16O2.C6H15N3.C3H5ClO/c1-15(2,11-3-7-13(16)8-4-11)12-5-9-14(17)10-6-12;7-1-4-9-5-2-8-3-6-9;4-1-3-2-5-3/h3-10,16-17H,1-2H3;8H,1-7H2;3H,1-2H2. The number of hydrogen-bond acceptors (Lipinski definition) is 6. The van der Waals surface area contributed by atoms with E-state index in [-0.39, 0.29) is 16.9 Å². The van der Waals surface area contributed by atoms with E-state index >= 15 is 0 Å². The van der Waals surface area contributed by atoms with Crippen LogP contribution in [0.4, 0.5) is 0 Å². The topological polar surface area (TPSA) is 94.3 Å². The lowest BCUT2D eigenvalue weighted by molar-refractivity contribution is 0.247. The van der Waals surface area contributed by atoms with E-state index < -0.39 is 0 Å². The second-order valence-corrected chi connectivity index (χ2v) is 8.52. The molecule has 2 aromatic carbocycles. The second-order valence-electron chi connectivity index (χ2n) is 8.21. The molecule has 1 unspecified atom stereocenters. The van der Waals surface area contributed by atoms with Gasteiger partial charge in [0.15, 0.2) is 0 Å². The van der Waals surface area contributed by atoms with E-state index in [0.29, 0.717) is 12.0 Å². The van der Waals surface area contributed by atoms with Gasteiger partial charge in [0, 0.05) is 44.7 Å². The first-order valence-corrected chi connectivity index (χ1v) is 11.3. The van der Waals surface area contributed by atoms with Gasteiger partial charge < -0.3 is 26.0 Å². The van der Waals surface area contributed by atoms with Crippen LogP contribution in [0.1, 0.15) is 25.0 Å². The predicted octanol–water partition coefficient (Wildman–Crippen LogP) is 2.90. The van der Waals surface area contributed by atoms with Gasteiger partial charge in [0.2, 0.25) is 0 Å². The number of rotatable bonds is 5. The number of ether oxygens (including phenoxy) is 1. The second kappa shape index (κ2) is 12.9. The molecule has 0 spiro atoms. The van der Waals surface area contributed by atoms with Gasteiger partial charge >= 0.3 is 0 Å². The summed E-state index contributed by atoms with van der Waals surface area (Å²) in [7, 11) is 0. The van der Waals surface area contributed by atoms with E-state index in [9.17, 15) is 10.2 Å². The molecule has 2 aromatic rings. The minimum atomic E-state index is -0.151. The summed E-state index contributed by atoms with van der Waals surface area (Å²) in [5.74, 6) is 1.21. The van der Waals surface area contributed by atoms with Gasteiger partial charge in [-0.25, -0.2) is 0 Å². The summed E-state index contributed by atoms with van der Waals surface area (Å²) in [5.41, 5.74) is 7.50. The summed E-state index contributed by atoms with van der Waals surface area (Å²) >= 11 is 5.27. The van der Waals surface area contributed by atoms with Crippen LogP contribution < -0.4 is 11.1 Å². The number of nitrogens with zero attached hydrogens (tertiary/aromatic N) is 1. The van der Waals surface area contributed by atoms with Crippen LogP contribution in [0.5, 0.6) is 11.5 Å².